The third-order valence-electron chi connectivity index (χ3n) is 16.1. The van der Waals surface area contributed by atoms with Gasteiger partial charge in [-0.15, -0.1) is 0 Å². The number of hydrogen-bond donors (Lipinski definition) is 14. The number of anilines is 1. The number of nitrogens with one attached hydrogen (secondary N) is 7. The second-order valence-electron chi connectivity index (χ2n) is 23.9. The highest BCUT2D eigenvalue weighted by molar-refractivity contribution is 6.00. The Hall–Kier alpha value is -7.39. The first-order chi connectivity index (χ1) is 42.1. The maximum absolute atomic E-state index is 14.6. The van der Waals surface area contributed by atoms with Gasteiger partial charge < -0.3 is 92.0 Å². The molecule has 0 radical (unpaired) electrons. The molecule has 8 amide bonds. The molecule has 4 aliphatic rings. The van der Waals surface area contributed by atoms with Crippen LogP contribution in [0.15, 0.2) is 10.9 Å². The van der Waals surface area contributed by atoms with Gasteiger partial charge in [0.15, 0.2) is 18.2 Å². The highest BCUT2D eigenvalue weighted by Gasteiger charge is 2.49. The number of aliphatic hydroxyl groups is 5. The minimum atomic E-state index is -2.79. The number of aromatic nitrogens is 2. The number of fused-ring (bicyclic) bond motifs is 3. The zero-order valence-electron chi connectivity index (χ0n) is 51.1. The third kappa shape index (κ3) is 20.8. The average molecular weight is 1260 g/mol. The quantitative estimate of drug-likeness (QED) is 0.0368. The number of aromatic amines is 1. The summed E-state index contributed by atoms with van der Waals surface area (Å²) in [5, 5.41) is 88.6. The van der Waals surface area contributed by atoms with Gasteiger partial charge in [-0.2, -0.15) is 0 Å². The van der Waals surface area contributed by atoms with Crippen LogP contribution < -0.4 is 37.5 Å². The van der Waals surface area contributed by atoms with Gasteiger partial charge in [0.25, 0.3) is 5.56 Å². The van der Waals surface area contributed by atoms with Crippen molar-refractivity contribution in [1.82, 2.24) is 56.2 Å². The van der Waals surface area contributed by atoms with Gasteiger partial charge in [0.1, 0.15) is 48.4 Å². The van der Waals surface area contributed by atoms with E-state index in [-0.39, 0.29) is 76.9 Å². The molecule has 32 heteroatoms. The molecule has 32 nitrogen and oxygen atoms in total. The van der Waals surface area contributed by atoms with Crippen molar-refractivity contribution in [2.75, 3.05) is 52.2 Å². The third-order valence-corrected chi connectivity index (χ3v) is 16.1. The minimum absolute atomic E-state index is 0.00768. The van der Waals surface area contributed by atoms with Gasteiger partial charge in [-0.1, -0.05) is 58.8 Å². The van der Waals surface area contributed by atoms with Crippen molar-refractivity contribution < 1.29 is 93.2 Å². The number of carboxylic acid groups (broad SMARTS) is 2. The molecule has 0 saturated carbocycles. The smallest absolute Gasteiger partial charge is 0.335 e. The van der Waals surface area contributed by atoms with Gasteiger partial charge in [0.05, 0.1) is 30.9 Å². The summed E-state index contributed by atoms with van der Waals surface area (Å²) >= 11 is 0. The van der Waals surface area contributed by atoms with Gasteiger partial charge in [-0.05, 0) is 84.7 Å². The number of ether oxygens (including phenoxy) is 1. The number of carboxylic acids is 2. The lowest BCUT2D eigenvalue weighted by Gasteiger charge is -2.34. The van der Waals surface area contributed by atoms with E-state index < -0.39 is 169 Å². The molecule has 89 heavy (non-hydrogen) atoms. The second kappa shape index (κ2) is 34.5. The Morgan fingerprint density at radius 1 is 0.663 bits per heavy atom. The first-order valence-electron chi connectivity index (χ1n) is 30.5. The summed E-state index contributed by atoms with van der Waals surface area (Å²) in [7, 11) is 3.52. The highest BCUT2D eigenvalue weighted by Crippen LogP contribution is 2.27. The van der Waals surface area contributed by atoms with E-state index in [1.165, 1.54) is 17.9 Å². The summed E-state index contributed by atoms with van der Waals surface area (Å²) in [5.74, 6) is -14.2. The standard InChI is InChI=1S/C57H90N12O20/c1-30(2)16-11-9-7-6-8-10-12-17-33-27-40(74)62-41(31(3)71)53(83)68-24-15-20-37(68)52(82)67-23-14-19-36(67)48(78)60-34(18-13-22-58-57-59-32(28-66(4)5)26-39(73)63-57)47(77)64-42(45(75)54(84)85)49(79)61-35(29-70)51(81)69-25-21-38(72)44(69)50(80)65-43(56(88)89-33)46(76)55(86)87/h26,30-31,33-38,41-46,70-72,75-76H,6-25,27-29H2,1-5H3,(H,60,78)(H,61,79)(H,62,74)(H,64,77)(H,65,80)(H,84,85)(H,86,87)(H2,58,59,63,73)/t31-,33-,34+,35-,36?,37-,38+,41-,42-,43+,44+,45-,46+/m1/s1. The predicted octanol–water partition coefficient (Wildman–Crippen LogP) is -3.86. The van der Waals surface area contributed by atoms with E-state index in [1.54, 1.807) is 19.0 Å². The SMILES string of the molecule is CC(C)CCCCCCCCC[C@@H]1CC(=O)N[C@H]([C@@H](C)O)C(=O)N2CCC[C@@H]2C(=O)N2CCCC2C(=O)N[C@@H](CCCNc2nc(CN(C)C)cc(=O)[nH]2)C(=O)N[C@H]([C@@H](O)C(=O)O)C(=O)N[C@H](CO)C(=O)N2CC[C@H](O)[C@H]2C(=O)N[C@@H]([C@H](O)C(=O)O)C(=O)O1. The summed E-state index contributed by atoms with van der Waals surface area (Å²) in [5.41, 5.74) is -0.0771. The number of aliphatic hydroxyl groups excluding tert-OH is 5. The van der Waals surface area contributed by atoms with Crippen molar-refractivity contribution in [2.45, 2.75) is 215 Å². The van der Waals surface area contributed by atoms with E-state index in [0.29, 0.717) is 35.9 Å². The Labute approximate surface area is 514 Å². The first-order valence-corrected chi connectivity index (χ1v) is 30.5. The fourth-order valence-corrected chi connectivity index (χ4v) is 11.4. The first kappa shape index (κ1) is 72.4. The lowest BCUT2D eigenvalue weighted by molar-refractivity contribution is -0.165. The highest BCUT2D eigenvalue weighted by atomic mass is 16.5. The normalized spacial score (nSPS) is 26.8. The van der Waals surface area contributed by atoms with Crippen molar-refractivity contribution in [2.24, 2.45) is 5.92 Å². The molecule has 1 aromatic heterocycles. The molecule has 4 fully saturated rings. The van der Waals surface area contributed by atoms with Crippen LogP contribution in [0.3, 0.4) is 0 Å². The van der Waals surface area contributed by atoms with Crippen LogP contribution in [0.5, 0.6) is 0 Å². The maximum Gasteiger partial charge on any atom is 0.335 e. The van der Waals surface area contributed by atoms with Gasteiger partial charge in [-0.25, -0.2) is 19.4 Å². The van der Waals surface area contributed by atoms with Crippen molar-refractivity contribution in [3.63, 3.8) is 0 Å². The molecule has 0 aliphatic carbocycles. The predicted molar refractivity (Wildman–Crippen MR) is 312 cm³/mol. The number of carbonyl (C=O) groups is 11. The van der Waals surface area contributed by atoms with Gasteiger partial charge in [0.2, 0.25) is 53.2 Å². The van der Waals surface area contributed by atoms with Crippen molar-refractivity contribution in [1.29, 1.82) is 0 Å². The summed E-state index contributed by atoms with van der Waals surface area (Å²) in [4.78, 5) is 177. The van der Waals surface area contributed by atoms with E-state index in [4.69, 9.17) is 4.74 Å². The fraction of sp³-hybridized carbons (Fsp3) is 0.737. The zero-order chi connectivity index (χ0) is 65.8. The van der Waals surface area contributed by atoms with Crippen LogP contribution in [0, 0.1) is 5.92 Å². The largest absolute Gasteiger partial charge is 0.479 e. The molecular weight excluding hydrogens is 1170 g/mol. The number of carbonyl (C=O) groups excluding carboxylic acids is 9. The average Bonchev–Trinajstić information content (AvgIpc) is 2.01. The number of amides is 8. The van der Waals surface area contributed by atoms with Crippen LogP contribution in [0.25, 0.3) is 0 Å². The maximum atomic E-state index is 14.6. The van der Waals surface area contributed by atoms with Gasteiger partial charge in [0, 0.05) is 38.8 Å². The van der Waals surface area contributed by atoms with E-state index in [2.05, 4.69) is 45.1 Å². The van der Waals surface area contributed by atoms with Crippen LogP contribution in [0.1, 0.15) is 136 Å². The fourth-order valence-electron chi connectivity index (χ4n) is 11.4. The molecule has 0 aromatic carbocycles. The van der Waals surface area contributed by atoms with Crippen LogP contribution in [-0.2, 0) is 64.0 Å². The van der Waals surface area contributed by atoms with Crippen LogP contribution >= 0.6 is 0 Å². The van der Waals surface area contributed by atoms with Crippen molar-refractivity contribution in [3.05, 3.63) is 22.1 Å². The molecule has 4 aliphatic heterocycles. The number of nitrogens with zero attached hydrogens (tertiary/aromatic N) is 5. The van der Waals surface area contributed by atoms with Crippen molar-refractivity contribution in [3.8, 4) is 0 Å². The summed E-state index contributed by atoms with van der Waals surface area (Å²) in [6.07, 6.45) is -4.53. The lowest BCUT2D eigenvalue weighted by Crippen LogP contribution is -2.64. The topological polar surface area (TPSA) is 470 Å². The van der Waals surface area contributed by atoms with E-state index in [1.807, 2.05) is 10.6 Å². The molecule has 0 spiro atoms. The summed E-state index contributed by atoms with van der Waals surface area (Å²) in [6, 6.07) is -13.8. The molecule has 5 rings (SSSR count). The number of aliphatic carboxylic acids is 2. The molecule has 5 heterocycles. The molecule has 498 valence electrons. The minimum Gasteiger partial charge on any atom is -0.479 e. The van der Waals surface area contributed by atoms with E-state index in [0.717, 1.165) is 43.4 Å². The van der Waals surface area contributed by atoms with E-state index in [9.17, 15) is 93.3 Å². The molecular formula is C57H90N12O20. The number of cyclic esters (lactones) is 1. The Bertz CT molecular complexity index is 2710. The van der Waals surface area contributed by atoms with Gasteiger partial charge >= 0.3 is 17.9 Å². The Morgan fingerprint density at radius 2 is 1.26 bits per heavy atom. The number of unbranched alkanes of at least 4 members (excludes halogenated alkanes) is 6. The summed E-state index contributed by atoms with van der Waals surface area (Å²) in [6.45, 7) is 3.91. The van der Waals surface area contributed by atoms with Gasteiger partial charge in [-0.3, -0.25) is 48.1 Å². The van der Waals surface area contributed by atoms with Crippen LogP contribution in [0.2, 0.25) is 0 Å². The van der Waals surface area contributed by atoms with E-state index >= 15 is 0 Å². The molecule has 13 atom stereocenters. The number of esters is 1. The molecule has 1 aromatic rings. The molecule has 4 saturated heterocycles. The Morgan fingerprint density at radius 3 is 1.88 bits per heavy atom. The number of rotatable bonds is 23. The van der Waals surface area contributed by atoms with Crippen LogP contribution in [-0.4, -0.2) is 256 Å². The summed E-state index contributed by atoms with van der Waals surface area (Å²) < 4.78 is 5.68. The Balaban J connectivity index is 1.52. The lowest BCUT2D eigenvalue weighted by atomic mass is 10.0. The van der Waals surface area contributed by atoms with Crippen LogP contribution in [0.4, 0.5) is 5.95 Å². The number of H-pyrrole nitrogens is 1. The van der Waals surface area contributed by atoms with Crippen molar-refractivity contribution >= 4 is 71.1 Å². The monoisotopic (exact) mass is 1260 g/mol. The Kier molecular flexibility index (Phi) is 28.1. The number of hydrogen-bond acceptors (Lipinski definition) is 21. The molecule has 0 bridgehead atoms. The zero-order valence-corrected chi connectivity index (χ0v) is 51.1. The molecule has 1 unspecified atom stereocenters. The molecule has 14 N–H and O–H groups in total. The second-order valence-corrected chi connectivity index (χ2v) is 23.9.